The number of ketones is 2. The number of aryl methyl sites for hydroxylation is 1. The zero-order valence-electron chi connectivity index (χ0n) is 15.1. The minimum Gasteiger partial charge on any atom is -0.376 e. The van der Waals surface area contributed by atoms with Crippen LogP contribution in [0.2, 0.25) is 0 Å². The fourth-order valence-electron chi connectivity index (χ4n) is 3.97. The first kappa shape index (κ1) is 17.2. The topological polar surface area (TPSA) is 54.4 Å². The van der Waals surface area contributed by atoms with E-state index in [0.29, 0.717) is 27.2 Å². The lowest BCUT2D eigenvalue weighted by Crippen LogP contribution is -2.40. The molecule has 28 heavy (non-hydrogen) atoms. The second-order valence-electron chi connectivity index (χ2n) is 7.08. The number of benzene rings is 3. The van der Waals surface area contributed by atoms with Gasteiger partial charge in [0.1, 0.15) is 5.60 Å². The van der Waals surface area contributed by atoms with E-state index in [1.807, 2.05) is 55.5 Å². The van der Waals surface area contributed by atoms with Gasteiger partial charge < -0.3 is 5.11 Å². The number of aliphatic hydroxyl groups is 1. The van der Waals surface area contributed by atoms with Crippen LogP contribution in [0.1, 0.15) is 37.4 Å². The highest BCUT2D eigenvalue weighted by molar-refractivity contribution is 8.04. The fourth-order valence-corrected chi connectivity index (χ4v) is 5.21. The van der Waals surface area contributed by atoms with Gasteiger partial charge in [0, 0.05) is 21.6 Å². The van der Waals surface area contributed by atoms with Crippen molar-refractivity contribution in [3.8, 4) is 0 Å². The Balaban J connectivity index is 1.85. The zero-order chi connectivity index (χ0) is 19.5. The van der Waals surface area contributed by atoms with Crippen LogP contribution >= 0.6 is 11.8 Å². The molecule has 4 heteroatoms. The van der Waals surface area contributed by atoms with Gasteiger partial charge in [-0.2, -0.15) is 0 Å². The normalized spacial score (nSPS) is 20.5. The molecule has 0 spiro atoms. The van der Waals surface area contributed by atoms with Crippen molar-refractivity contribution >= 4 is 23.3 Å². The molecular weight excluding hydrogens is 368 g/mol. The summed E-state index contributed by atoms with van der Waals surface area (Å²) < 4.78 is 0. The van der Waals surface area contributed by atoms with Crippen molar-refractivity contribution < 1.29 is 14.7 Å². The summed E-state index contributed by atoms with van der Waals surface area (Å²) in [6, 6.07) is 21.7. The molecule has 2 aliphatic rings. The first-order chi connectivity index (χ1) is 13.5. The fraction of sp³-hybridized carbons (Fsp3) is 0.0833. The first-order valence-electron chi connectivity index (χ1n) is 9.02. The summed E-state index contributed by atoms with van der Waals surface area (Å²) in [4.78, 5) is 27.8. The molecule has 3 nitrogen and oxygen atoms in total. The van der Waals surface area contributed by atoms with E-state index < -0.39 is 5.60 Å². The molecule has 1 unspecified atom stereocenters. The predicted octanol–water partition coefficient (Wildman–Crippen LogP) is 4.67. The molecule has 1 aliphatic carbocycles. The lowest BCUT2D eigenvalue weighted by molar-refractivity contribution is 0.0821. The lowest BCUT2D eigenvalue weighted by Gasteiger charge is -2.39. The van der Waals surface area contributed by atoms with Gasteiger partial charge in [-0.1, -0.05) is 84.1 Å². The highest BCUT2D eigenvalue weighted by Gasteiger charge is 2.50. The zero-order valence-corrected chi connectivity index (χ0v) is 15.9. The van der Waals surface area contributed by atoms with Gasteiger partial charge in [-0.25, -0.2) is 0 Å². The Labute approximate surface area is 166 Å². The van der Waals surface area contributed by atoms with Gasteiger partial charge in [0.2, 0.25) is 5.78 Å². The molecule has 0 saturated carbocycles. The molecule has 0 fully saturated rings. The molecule has 0 radical (unpaired) electrons. The lowest BCUT2D eigenvalue weighted by atomic mass is 9.73. The van der Waals surface area contributed by atoms with Crippen LogP contribution in [0, 0.1) is 6.92 Å². The summed E-state index contributed by atoms with van der Waals surface area (Å²) in [5.41, 5.74) is 1.48. The second kappa shape index (κ2) is 6.03. The van der Waals surface area contributed by atoms with E-state index >= 15 is 0 Å². The van der Waals surface area contributed by atoms with Gasteiger partial charge in [-0.05, 0) is 18.6 Å². The number of allylic oxidation sites excluding steroid dienone is 1. The standard InChI is InChI=1S/C24H16O3S/c1-14-10-12-15(13-11-14)24(27)18-8-4-5-9-19(18)28-23-20(24)21(25)16-6-2-3-7-17(16)22(23)26/h2-13,27H,1H3. The van der Waals surface area contributed by atoms with Crippen molar-refractivity contribution in [3.05, 3.63) is 111 Å². The molecule has 1 heterocycles. The molecule has 3 aromatic rings. The van der Waals surface area contributed by atoms with Crippen LogP contribution in [0.3, 0.4) is 0 Å². The van der Waals surface area contributed by atoms with Crippen molar-refractivity contribution in [2.75, 3.05) is 0 Å². The molecule has 0 saturated heterocycles. The van der Waals surface area contributed by atoms with E-state index in [9.17, 15) is 14.7 Å². The third kappa shape index (κ3) is 2.22. The largest absolute Gasteiger partial charge is 0.376 e. The van der Waals surface area contributed by atoms with E-state index in [-0.39, 0.29) is 17.1 Å². The van der Waals surface area contributed by atoms with Crippen LogP contribution in [0.25, 0.3) is 0 Å². The molecule has 1 aliphatic heterocycles. The molecule has 1 N–H and O–H groups in total. The summed E-state index contributed by atoms with van der Waals surface area (Å²) in [5.74, 6) is -0.509. The van der Waals surface area contributed by atoms with Crippen molar-refractivity contribution in [2.45, 2.75) is 17.4 Å². The maximum absolute atomic E-state index is 13.5. The van der Waals surface area contributed by atoms with Crippen LogP contribution < -0.4 is 0 Å². The van der Waals surface area contributed by atoms with E-state index in [1.165, 1.54) is 11.8 Å². The highest BCUT2D eigenvalue weighted by atomic mass is 32.2. The van der Waals surface area contributed by atoms with Crippen LogP contribution in [0.4, 0.5) is 0 Å². The first-order valence-corrected chi connectivity index (χ1v) is 9.83. The van der Waals surface area contributed by atoms with Crippen molar-refractivity contribution in [1.82, 2.24) is 0 Å². The maximum atomic E-state index is 13.5. The quantitative estimate of drug-likeness (QED) is 0.662. The summed E-state index contributed by atoms with van der Waals surface area (Å²) in [7, 11) is 0. The number of fused-ring (bicyclic) bond motifs is 2. The van der Waals surface area contributed by atoms with Crippen LogP contribution in [0.5, 0.6) is 0 Å². The number of rotatable bonds is 1. The Morgan fingerprint density at radius 1 is 0.786 bits per heavy atom. The molecular formula is C24H16O3S. The molecule has 5 rings (SSSR count). The van der Waals surface area contributed by atoms with Gasteiger partial charge in [-0.3, -0.25) is 9.59 Å². The predicted molar refractivity (Wildman–Crippen MR) is 109 cm³/mol. The molecule has 0 amide bonds. The molecule has 3 aromatic carbocycles. The minimum atomic E-state index is -1.68. The maximum Gasteiger partial charge on any atom is 0.201 e. The third-order valence-electron chi connectivity index (χ3n) is 5.40. The van der Waals surface area contributed by atoms with Crippen molar-refractivity contribution in [2.24, 2.45) is 0 Å². The Bertz CT molecular complexity index is 1190. The van der Waals surface area contributed by atoms with Gasteiger partial charge in [-0.15, -0.1) is 0 Å². The summed E-state index contributed by atoms with van der Waals surface area (Å²) in [6.45, 7) is 1.97. The third-order valence-corrected chi connectivity index (χ3v) is 6.57. The second-order valence-corrected chi connectivity index (χ2v) is 8.13. The van der Waals surface area contributed by atoms with Gasteiger partial charge >= 0.3 is 0 Å². The monoisotopic (exact) mass is 384 g/mol. The molecule has 0 aromatic heterocycles. The highest BCUT2D eigenvalue weighted by Crippen LogP contribution is 2.53. The van der Waals surface area contributed by atoms with Gasteiger partial charge in [0.25, 0.3) is 0 Å². The molecule has 1 atom stereocenters. The van der Waals surface area contributed by atoms with Crippen LogP contribution in [0.15, 0.2) is 88.2 Å². The number of Topliss-reactive ketones (excluding diaryl/α,β-unsaturated/α-hetero) is 2. The molecule has 136 valence electrons. The van der Waals surface area contributed by atoms with E-state index in [4.69, 9.17) is 0 Å². The average Bonchev–Trinajstić information content (AvgIpc) is 2.72. The van der Waals surface area contributed by atoms with Crippen molar-refractivity contribution in [1.29, 1.82) is 0 Å². The Kier molecular flexibility index (Phi) is 3.69. The minimum absolute atomic E-state index is 0.156. The van der Waals surface area contributed by atoms with Gasteiger partial charge in [0.15, 0.2) is 5.78 Å². The SMILES string of the molecule is Cc1ccc(C2(O)C3=C(Sc4ccccc42)C(=O)c2ccccc2C3=O)cc1. The number of carbonyl (C=O) groups excluding carboxylic acids is 2. The van der Waals surface area contributed by atoms with Crippen molar-refractivity contribution in [3.63, 3.8) is 0 Å². The Morgan fingerprint density at radius 2 is 1.39 bits per heavy atom. The number of carbonyl (C=O) groups is 2. The summed E-state index contributed by atoms with van der Waals surface area (Å²) >= 11 is 1.27. The van der Waals surface area contributed by atoms with E-state index in [0.717, 1.165) is 10.5 Å². The summed E-state index contributed by atoms with van der Waals surface area (Å²) in [6.07, 6.45) is 0. The smallest absolute Gasteiger partial charge is 0.201 e. The number of thioether (sulfide) groups is 1. The van der Waals surface area contributed by atoms with E-state index in [1.54, 1.807) is 24.3 Å². The van der Waals surface area contributed by atoms with Gasteiger partial charge in [0.05, 0.1) is 10.5 Å². The number of hydrogen-bond acceptors (Lipinski definition) is 4. The summed E-state index contributed by atoms with van der Waals surface area (Å²) in [5, 5.41) is 12.1. The van der Waals surface area contributed by atoms with E-state index in [2.05, 4.69) is 0 Å². The molecule has 0 bridgehead atoms. The van der Waals surface area contributed by atoms with Crippen LogP contribution in [-0.4, -0.2) is 16.7 Å². The Hall–Kier alpha value is -2.95. The Morgan fingerprint density at radius 3 is 2.11 bits per heavy atom. The van der Waals surface area contributed by atoms with Crippen LogP contribution in [-0.2, 0) is 5.60 Å². The average molecular weight is 384 g/mol. The number of hydrogen-bond donors (Lipinski definition) is 1.